The number of amides is 1. The summed E-state index contributed by atoms with van der Waals surface area (Å²) in [6, 6.07) is 8.29. The number of carbonyl (C=O) groups excluding carboxylic acids is 1. The summed E-state index contributed by atoms with van der Waals surface area (Å²) in [6.07, 6.45) is 1.56. The van der Waals surface area contributed by atoms with Crippen molar-refractivity contribution in [3.8, 4) is 0 Å². The first-order valence-electron chi connectivity index (χ1n) is 7.60. The van der Waals surface area contributed by atoms with Crippen LogP contribution in [0, 0.1) is 5.92 Å². The topological polar surface area (TPSA) is 41.1 Å². The molecular weight excluding hydrogens is 248 g/mol. The predicted octanol–water partition coefficient (Wildman–Crippen LogP) is 3.77. The third kappa shape index (κ3) is 6.09. The Balaban J connectivity index is 2.32. The lowest BCUT2D eigenvalue weighted by Gasteiger charge is -2.14. The molecule has 0 bridgehead atoms. The molecule has 0 spiro atoms. The molecule has 0 heterocycles. The third-order valence-corrected chi connectivity index (χ3v) is 3.29. The summed E-state index contributed by atoms with van der Waals surface area (Å²) in [7, 11) is 0. The van der Waals surface area contributed by atoms with Crippen LogP contribution in [0.2, 0.25) is 0 Å². The second-order valence-electron chi connectivity index (χ2n) is 5.95. The van der Waals surface area contributed by atoms with Gasteiger partial charge in [0.2, 0.25) is 5.91 Å². The van der Waals surface area contributed by atoms with Crippen molar-refractivity contribution < 1.29 is 4.79 Å². The SMILES string of the molecule is CC(C)CCNC(=O)CCNc1ccccc1C(C)C. The van der Waals surface area contributed by atoms with Gasteiger partial charge in [0, 0.05) is 25.2 Å². The molecule has 1 aromatic rings. The van der Waals surface area contributed by atoms with Crippen LogP contribution >= 0.6 is 0 Å². The van der Waals surface area contributed by atoms with Gasteiger partial charge < -0.3 is 10.6 Å². The van der Waals surface area contributed by atoms with Crippen molar-refractivity contribution in [1.82, 2.24) is 5.32 Å². The van der Waals surface area contributed by atoms with Gasteiger partial charge >= 0.3 is 0 Å². The van der Waals surface area contributed by atoms with Gasteiger partial charge in [-0.05, 0) is 29.9 Å². The zero-order valence-corrected chi connectivity index (χ0v) is 13.2. The van der Waals surface area contributed by atoms with Crippen molar-refractivity contribution in [2.75, 3.05) is 18.4 Å². The maximum atomic E-state index is 11.7. The van der Waals surface area contributed by atoms with Crippen molar-refractivity contribution in [2.24, 2.45) is 5.92 Å². The maximum Gasteiger partial charge on any atom is 0.221 e. The molecule has 1 aromatic carbocycles. The number of rotatable bonds is 8. The molecule has 0 aliphatic heterocycles. The molecule has 0 aliphatic rings. The molecule has 0 radical (unpaired) electrons. The van der Waals surface area contributed by atoms with Gasteiger partial charge in [-0.2, -0.15) is 0 Å². The fourth-order valence-electron chi connectivity index (χ4n) is 2.06. The first-order chi connectivity index (χ1) is 9.50. The van der Waals surface area contributed by atoms with Gasteiger partial charge in [-0.1, -0.05) is 45.9 Å². The number of nitrogens with one attached hydrogen (secondary N) is 2. The van der Waals surface area contributed by atoms with Gasteiger partial charge in [0.05, 0.1) is 0 Å². The van der Waals surface area contributed by atoms with Crippen molar-refractivity contribution >= 4 is 11.6 Å². The van der Waals surface area contributed by atoms with Crippen LogP contribution in [-0.2, 0) is 4.79 Å². The second-order valence-corrected chi connectivity index (χ2v) is 5.95. The highest BCUT2D eigenvalue weighted by Gasteiger charge is 2.06. The second kappa shape index (κ2) is 8.62. The van der Waals surface area contributed by atoms with Crippen molar-refractivity contribution in [3.05, 3.63) is 29.8 Å². The van der Waals surface area contributed by atoms with Crippen LogP contribution in [-0.4, -0.2) is 19.0 Å². The summed E-state index contributed by atoms with van der Waals surface area (Å²) in [5, 5.41) is 6.32. The summed E-state index contributed by atoms with van der Waals surface area (Å²) in [5.74, 6) is 1.24. The molecule has 0 atom stereocenters. The lowest BCUT2D eigenvalue weighted by molar-refractivity contribution is -0.120. The Kier molecular flexibility index (Phi) is 7.13. The molecule has 0 aromatic heterocycles. The van der Waals surface area contributed by atoms with Gasteiger partial charge in [-0.25, -0.2) is 0 Å². The van der Waals surface area contributed by atoms with Gasteiger partial charge in [-0.15, -0.1) is 0 Å². The molecule has 112 valence electrons. The molecular formula is C17H28N2O. The van der Waals surface area contributed by atoms with Crippen LogP contribution < -0.4 is 10.6 Å². The molecule has 3 heteroatoms. The number of benzene rings is 1. The van der Waals surface area contributed by atoms with E-state index in [1.165, 1.54) is 5.56 Å². The van der Waals surface area contributed by atoms with E-state index in [1.807, 2.05) is 6.07 Å². The quantitative estimate of drug-likeness (QED) is 0.759. The predicted molar refractivity (Wildman–Crippen MR) is 86.1 cm³/mol. The van der Waals surface area contributed by atoms with Crippen molar-refractivity contribution in [2.45, 2.75) is 46.5 Å². The molecule has 1 rings (SSSR count). The largest absolute Gasteiger partial charge is 0.384 e. The maximum absolute atomic E-state index is 11.7. The Bertz CT molecular complexity index is 413. The molecule has 1 amide bonds. The minimum Gasteiger partial charge on any atom is -0.384 e. The van der Waals surface area contributed by atoms with E-state index < -0.39 is 0 Å². The number of carbonyl (C=O) groups is 1. The first-order valence-corrected chi connectivity index (χ1v) is 7.60. The molecule has 2 N–H and O–H groups in total. The van der Waals surface area contributed by atoms with E-state index in [-0.39, 0.29) is 5.91 Å². The molecule has 0 fully saturated rings. The van der Waals surface area contributed by atoms with E-state index in [0.29, 0.717) is 24.8 Å². The molecule has 0 saturated carbocycles. The lowest BCUT2D eigenvalue weighted by atomic mass is 10.0. The molecule has 20 heavy (non-hydrogen) atoms. The van der Waals surface area contributed by atoms with Crippen LogP contribution in [0.3, 0.4) is 0 Å². The monoisotopic (exact) mass is 276 g/mol. The van der Waals surface area contributed by atoms with E-state index in [4.69, 9.17) is 0 Å². The molecule has 0 unspecified atom stereocenters. The number of hydrogen-bond donors (Lipinski definition) is 2. The number of anilines is 1. The summed E-state index contributed by atoms with van der Waals surface area (Å²) in [5.41, 5.74) is 2.44. The van der Waals surface area contributed by atoms with Crippen LogP contribution in [0.15, 0.2) is 24.3 Å². The minimum atomic E-state index is 0.125. The summed E-state index contributed by atoms with van der Waals surface area (Å²) in [4.78, 5) is 11.7. The Labute approximate surface area is 123 Å². The standard InChI is InChI=1S/C17H28N2O/c1-13(2)9-11-19-17(20)10-12-18-16-8-6-5-7-15(16)14(3)4/h5-8,13-14,18H,9-12H2,1-4H3,(H,19,20). The van der Waals surface area contributed by atoms with E-state index >= 15 is 0 Å². The van der Waals surface area contributed by atoms with E-state index in [0.717, 1.165) is 18.7 Å². The Morgan fingerprint density at radius 2 is 1.80 bits per heavy atom. The smallest absolute Gasteiger partial charge is 0.221 e. The third-order valence-electron chi connectivity index (χ3n) is 3.29. The van der Waals surface area contributed by atoms with E-state index in [9.17, 15) is 4.79 Å². The Morgan fingerprint density at radius 3 is 2.45 bits per heavy atom. The summed E-state index contributed by atoms with van der Waals surface area (Å²) < 4.78 is 0. The van der Waals surface area contributed by atoms with E-state index in [2.05, 4.69) is 56.5 Å². The minimum absolute atomic E-state index is 0.125. The number of para-hydroxylation sites is 1. The van der Waals surface area contributed by atoms with Gasteiger partial charge in [0.15, 0.2) is 0 Å². The average Bonchev–Trinajstić information content (AvgIpc) is 2.38. The highest BCUT2D eigenvalue weighted by molar-refractivity contribution is 5.76. The van der Waals surface area contributed by atoms with Crippen LogP contribution in [0.5, 0.6) is 0 Å². The van der Waals surface area contributed by atoms with Crippen molar-refractivity contribution in [3.63, 3.8) is 0 Å². The normalized spacial score (nSPS) is 10.9. The van der Waals surface area contributed by atoms with E-state index in [1.54, 1.807) is 0 Å². The van der Waals surface area contributed by atoms with Gasteiger partial charge in [-0.3, -0.25) is 4.79 Å². The summed E-state index contributed by atoms with van der Waals surface area (Å²) in [6.45, 7) is 10.1. The lowest BCUT2D eigenvalue weighted by Crippen LogP contribution is -2.27. The Morgan fingerprint density at radius 1 is 1.10 bits per heavy atom. The molecule has 0 saturated heterocycles. The zero-order valence-electron chi connectivity index (χ0n) is 13.2. The zero-order chi connectivity index (χ0) is 15.0. The van der Waals surface area contributed by atoms with Crippen LogP contribution in [0.1, 0.15) is 52.0 Å². The van der Waals surface area contributed by atoms with Crippen molar-refractivity contribution in [1.29, 1.82) is 0 Å². The first kappa shape index (κ1) is 16.5. The fraction of sp³-hybridized carbons (Fsp3) is 0.588. The van der Waals surface area contributed by atoms with Gasteiger partial charge in [0.1, 0.15) is 0 Å². The average molecular weight is 276 g/mol. The van der Waals surface area contributed by atoms with Gasteiger partial charge in [0.25, 0.3) is 0 Å². The van der Waals surface area contributed by atoms with Crippen LogP contribution in [0.25, 0.3) is 0 Å². The molecule has 0 aliphatic carbocycles. The fourth-order valence-corrected chi connectivity index (χ4v) is 2.06. The summed E-state index contributed by atoms with van der Waals surface area (Å²) >= 11 is 0. The number of hydrogen-bond acceptors (Lipinski definition) is 2. The Hall–Kier alpha value is -1.51. The molecule has 3 nitrogen and oxygen atoms in total. The highest BCUT2D eigenvalue weighted by Crippen LogP contribution is 2.23. The highest BCUT2D eigenvalue weighted by atomic mass is 16.1. The van der Waals surface area contributed by atoms with Crippen LogP contribution in [0.4, 0.5) is 5.69 Å².